The minimum absolute atomic E-state index is 0.109. The number of rotatable bonds is 8. The fourth-order valence-electron chi connectivity index (χ4n) is 1.47. The van der Waals surface area contributed by atoms with Gasteiger partial charge in [-0.1, -0.05) is 31.9 Å². The molecule has 0 unspecified atom stereocenters. The van der Waals surface area contributed by atoms with Gasteiger partial charge in [0, 0.05) is 19.3 Å². The van der Waals surface area contributed by atoms with Crippen molar-refractivity contribution in [3.05, 3.63) is 27.0 Å². The summed E-state index contributed by atoms with van der Waals surface area (Å²) >= 11 is 0. The summed E-state index contributed by atoms with van der Waals surface area (Å²) in [5, 5.41) is 9.82. The number of aromatic nitrogens is 2. The first-order valence-electron chi connectivity index (χ1n) is 6.66. The van der Waals surface area contributed by atoms with Crippen molar-refractivity contribution in [2.24, 2.45) is 10.3 Å². The Morgan fingerprint density at radius 1 is 1.16 bits per heavy atom. The predicted octanol–water partition coefficient (Wildman–Crippen LogP) is 1.96. The zero-order valence-corrected chi connectivity index (χ0v) is 11.5. The molecule has 0 saturated carbocycles. The Bertz CT molecular complexity index is 497. The van der Waals surface area contributed by atoms with Crippen LogP contribution in [0.1, 0.15) is 39.5 Å². The lowest BCUT2D eigenvalue weighted by atomic mass is 10.3. The lowest BCUT2D eigenvalue weighted by Gasteiger charge is -2.16. The van der Waals surface area contributed by atoms with Crippen molar-refractivity contribution in [1.29, 1.82) is 0 Å². The molecule has 0 fully saturated rings. The Balaban J connectivity index is 2.72. The first-order valence-corrected chi connectivity index (χ1v) is 6.66. The highest BCUT2D eigenvalue weighted by molar-refractivity contribution is 5.27. The van der Waals surface area contributed by atoms with E-state index in [0.29, 0.717) is 0 Å². The van der Waals surface area contributed by atoms with Crippen LogP contribution < -0.4 is 11.2 Å². The molecule has 1 aromatic rings. The number of H-pyrrole nitrogens is 2. The molecule has 1 heterocycles. The van der Waals surface area contributed by atoms with Crippen molar-refractivity contribution in [1.82, 2.24) is 15.0 Å². The van der Waals surface area contributed by atoms with Crippen LogP contribution in [0.25, 0.3) is 0 Å². The molecule has 7 heteroatoms. The summed E-state index contributed by atoms with van der Waals surface area (Å²) in [7, 11) is 0. The quantitative estimate of drug-likeness (QED) is 0.557. The Labute approximate surface area is 111 Å². The molecule has 0 amide bonds. The van der Waals surface area contributed by atoms with E-state index in [1.165, 1.54) is 6.20 Å². The second kappa shape index (κ2) is 8.23. The van der Waals surface area contributed by atoms with Gasteiger partial charge in [-0.25, -0.2) is 4.79 Å². The van der Waals surface area contributed by atoms with Crippen LogP contribution in [0.2, 0.25) is 0 Å². The highest BCUT2D eigenvalue weighted by Crippen LogP contribution is 2.05. The molecule has 0 spiro atoms. The maximum absolute atomic E-state index is 11.4. The molecule has 106 valence electrons. The van der Waals surface area contributed by atoms with E-state index >= 15 is 0 Å². The van der Waals surface area contributed by atoms with E-state index in [2.05, 4.69) is 34.2 Å². The topological polar surface area (TPSA) is 93.7 Å². The highest BCUT2D eigenvalue weighted by atomic mass is 16.2. The molecule has 0 atom stereocenters. The molecule has 19 heavy (non-hydrogen) atoms. The van der Waals surface area contributed by atoms with Gasteiger partial charge in [0.05, 0.1) is 0 Å². The van der Waals surface area contributed by atoms with Gasteiger partial charge in [0.1, 0.15) is 0 Å². The van der Waals surface area contributed by atoms with Gasteiger partial charge in [-0.2, -0.15) is 0 Å². The second-order valence-corrected chi connectivity index (χ2v) is 4.31. The van der Waals surface area contributed by atoms with Crippen molar-refractivity contribution >= 4 is 5.69 Å². The van der Waals surface area contributed by atoms with Crippen LogP contribution in [0.15, 0.2) is 26.1 Å². The molecule has 1 rings (SSSR count). The molecule has 7 nitrogen and oxygen atoms in total. The molecular weight excluding hydrogens is 246 g/mol. The molecule has 0 bridgehead atoms. The van der Waals surface area contributed by atoms with Crippen LogP contribution in [0.5, 0.6) is 0 Å². The van der Waals surface area contributed by atoms with Crippen LogP contribution >= 0.6 is 0 Å². The van der Waals surface area contributed by atoms with E-state index in [0.717, 1.165) is 38.8 Å². The predicted molar refractivity (Wildman–Crippen MR) is 73.6 cm³/mol. The van der Waals surface area contributed by atoms with Crippen LogP contribution in [0, 0.1) is 0 Å². The lowest BCUT2D eigenvalue weighted by molar-refractivity contribution is 0.261. The molecule has 0 aliphatic rings. The van der Waals surface area contributed by atoms with Crippen molar-refractivity contribution in [3.63, 3.8) is 0 Å². The Hall–Kier alpha value is -1.92. The number of nitrogens with one attached hydrogen (secondary N) is 2. The number of hydrogen-bond donors (Lipinski definition) is 2. The van der Waals surface area contributed by atoms with Gasteiger partial charge in [-0.3, -0.25) is 14.8 Å². The second-order valence-electron chi connectivity index (χ2n) is 4.31. The summed E-state index contributed by atoms with van der Waals surface area (Å²) in [4.78, 5) is 26.8. The average molecular weight is 267 g/mol. The molecule has 1 aromatic heterocycles. The summed E-state index contributed by atoms with van der Waals surface area (Å²) in [6.07, 6.45) is 5.49. The van der Waals surface area contributed by atoms with Crippen molar-refractivity contribution < 1.29 is 0 Å². The van der Waals surface area contributed by atoms with Crippen molar-refractivity contribution in [3.8, 4) is 0 Å². The number of nitrogens with zero attached hydrogens (tertiary/aromatic N) is 3. The maximum atomic E-state index is 11.4. The molecule has 0 radical (unpaired) electrons. The largest absolute Gasteiger partial charge is 0.325 e. The summed E-state index contributed by atoms with van der Waals surface area (Å²) < 4.78 is 0. The number of unbranched alkanes of at least 4 members (excludes halogenated alkanes) is 2. The first-order chi connectivity index (χ1) is 9.17. The van der Waals surface area contributed by atoms with Gasteiger partial charge in [0.15, 0.2) is 5.69 Å². The van der Waals surface area contributed by atoms with E-state index in [1.807, 2.05) is 5.01 Å². The summed E-state index contributed by atoms with van der Waals surface area (Å²) in [6, 6.07) is 0. The fraction of sp³-hybridized carbons (Fsp3) is 0.667. The van der Waals surface area contributed by atoms with Gasteiger partial charge in [-0.05, 0) is 12.8 Å². The van der Waals surface area contributed by atoms with E-state index in [4.69, 9.17) is 0 Å². The summed E-state index contributed by atoms with van der Waals surface area (Å²) in [5.41, 5.74) is -0.964. The van der Waals surface area contributed by atoms with Crippen LogP contribution in [-0.2, 0) is 0 Å². The highest BCUT2D eigenvalue weighted by Gasteiger charge is 2.02. The van der Waals surface area contributed by atoms with Gasteiger partial charge in [0.25, 0.3) is 5.56 Å². The van der Waals surface area contributed by atoms with E-state index in [-0.39, 0.29) is 5.69 Å². The standard InChI is InChI=1S/C12H21N5O2/c1-3-5-7-17(8-6-4-2)16-15-10-9-13-12(19)14-11(10)18/h9H,3-8H2,1-2H3,(H2,13,14,18,19). The minimum Gasteiger partial charge on any atom is -0.312 e. The maximum Gasteiger partial charge on any atom is 0.325 e. The fourth-order valence-corrected chi connectivity index (χ4v) is 1.47. The van der Waals surface area contributed by atoms with E-state index in [9.17, 15) is 9.59 Å². The summed E-state index contributed by atoms with van der Waals surface area (Å²) in [6.45, 7) is 5.87. The van der Waals surface area contributed by atoms with Crippen LogP contribution in [0.3, 0.4) is 0 Å². The van der Waals surface area contributed by atoms with Crippen molar-refractivity contribution in [2.75, 3.05) is 13.1 Å². The van der Waals surface area contributed by atoms with Crippen LogP contribution in [-0.4, -0.2) is 28.1 Å². The monoisotopic (exact) mass is 267 g/mol. The molecule has 0 saturated heterocycles. The zero-order valence-electron chi connectivity index (χ0n) is 11.5. The summed E-state index contributed by atoms with van der Waals surface area (Å²) in [5.74, 6) is 0. The van der Waals surface area contributed by atoms with E-state index < -0.39 is 11.2 Å². The SMILES string of the molecule is CCCCN(CCCC)N=Nc1c[nH]c(=O)[nH]c1=O. The molecule has 0 aliphatic carbocycles. The number of hydrogen-bond acceptors (Lipinski definition) is 4. The van der Waals surface area contributed by atoms with E-state index in [1.54, 1.807) is 0 Å². The third-order valence-electron chi connectivity index (χ3n) is 2.62. The smallest absolute Gasteiger partial charge is 0.312 e. The third-order valence-corrected chi connectivity index (χ3v) is 2.62. The van der Waals surface area contributed by atoms with Gasteiger partial charge < -0.3 is 4.98 Å². The third kappa shape index (κ3) is 5.50. The number of aromatic amines is 2. The Morgan fingerprint density at radius 2 is 1.79 bits per heavy atom. The van der Waals surface area contributed by atoms with Gasteiger partial charge in [0.2, 0.25) is 0 Å². The Morgan fingerprint density at radius 3 is 2.32 bits per heavy atom. The van der Waals surface area contributed by atoms with Crippen LogP contribution in [0.4, 0.5) is 5.69 Å². The minimum atomic E-state index is -0.544. The average Bonchev–Trinajstić information content (AvgIpc) is 2.39. The zero-order chi connectivity index (χ0) is 14.1. The van der Waals surface area contributed by atoms with Gasteiger partial charge >= 0.3 is 5.69 Å². The molecule has 0 aliphatic heterocycles. The first kappa shape index (κ1) is 15.1. The van der Waals surface area contributed by atoms with Crippen molar-refractivity contribution in [2.45, 2.75) is 39.5 Å². The normalized spacial score (nSPS) is 11.1. The molecular formula is C12H21N5O2. The Kier molecular flexibility index (Phi) is 6.56. The molecule has 0 aromatic carbocycles. The lowest BCUT2D eigenvalue weighted by Crippen LogP contribution is -2.21. The van der Waals surface area contributed by atoms with Gasteiger partial charge in [-0.15, -0.1) is 5.11 Å². The molecule has 2 N–H and O–H groups in total.